The Bertz CT molecular complexity index is 552. The number of rotatable bonds is 3. The summed E-state index contributed by atoms with van der Waals surface area (Å²) < 4.78 is 6.41. The van der Waals surface area contributed by atoms with Gasteiger partial charge in [0.1, 0.15) is 11.9 Å². The maximum absolute atomic E-state index is 12.3. The van der Waals surface area contributed by atoms with Crippen LogP contribution in [0.15, 0.2) is 15.6 Å². The number of hydrogen-bond donors (Lipinski definition) is 0. The lowest BCUT2D eigenvalue weighted by Gasteiger charge is -2.31. The van der Waals surface area contributed by atoms with Crippen molar-refractivity contribution < 1.29 is 9.53 Å². The van der Waals surface area contributed by atoms with Gasteiger partial charge in [0, 0.05) is 13.1 Å². The number of halogens is 1. The van der Waals surface area contributed by atoms with Crippen LogP contribution in [0.2, 0.25) is 0 Å². The van der Waals surface area contributed by atoms with Gasteiger partial charge in [0.2, 0.25) is 0 Å². The smallest absolute Gasteiger partial charge is 0.328 e. The maximum atomic E-state index is 12.3. The van der Waals surface area contributed by atoms with Gasteiger partial charge in [-0.15, -0.1) is 0 Å². The molecule has 1 unspecified atom stereocenters. The zero-order valence-electron chi connectivity index (χ0n) is 11.6. The predicted molar refractivity (Wildman–Crippen MR) is 79.0 cm³/mol. The van der Waals surface area contributed by atoms with Gasteiger partial charge in [-0.05, 0) is 42.1 Å². The fourth-order valence-electron chi connectivity index (χ4n) is 2.44. The van der Waals surface area contributed by atoms with Crippen molar-refractivity contribution in [3.63, 3.8) is 0 Å². The summed E-state index contributed by atoms with van der Waals surface area (Å²) in [5.41, 5.74) is -0.314. The fourth-order valence-corrected chi connectivity index (χ4v) is 2.74. The number of methoxy groups -OCH3 is 1. The van der Waals surface area contributed by atoms with Crippen molar-refractivity contribution in [1.29, 1.82) is 0 Å². The SMILES string of the molecule is COC(=O)C(C)n1c(N2CCCCC2)cnc(Br)c1=O. The predicted octanol–water partition coefficient (Wildman–Crippen LogP) is 1.73. The maximum Gasteiger partial charge on any atom is 0.328 e. The lowest BCUT2D eigenvalue weighted by Crippen LogP contribution is -2.38. The van der Waals surface area contributed by atoms with Gasteiger partial charge in [0.25, 0.3) is 5.56 Å². The van der Waals surface area contributed by atoms with Crippen LogP contribution in [-0.4, -0.2) is 35.7 Å². The summed E-state index contributed by atoms with van der Waals surface area (Å²) in [7, 11) is 1.32. The fraction of sp³-hybridized carbons (Fsp3) is 0.615. The first-order chi connectivity index (χ1) is 9.56. The highest BCUT2D eigenvalue weighted by atomic mass is 79.9. The highest BCUT2D eigenvalue weighted by molar-refractivity contribution is 9.10. The summed E-state index contributed by atoms with van der Waals surface area (Å²) >= 11 is 3.13. The van der Waals surface area contributed by atoms with E-state index in [9.17, 15) is 9.59 Å². The van der Waals surface area contributed by atoms with Crippen LogP contribution in [0.25, 0.3) is 0 Å². The Morgan fingerprint density at radius 3 is 2.65 bits per heavy atom. The third-order valence-corrected chi connectivity index (χ3v) is 4.09. The number of aromatic nitrogens is 2. The molecule has 0 radical (unpaired) electrons. The highest BCUT2D eigenvalue weighted by Crippen LogP contribution is 2.22. The first-order valence-corrected chi connectivity index (χ1v) is 7.45. The monoisotopic (exact) mass is 343 g/mol. The van der Waals surface area contributed by atoms with E-state index >= 15 is 0 Å². The summed E-state index contributed by atoms with van der Waals surface area (Å²) in [5.74, 6) is 0.235. The number of carbonyl (C=O) groups excluding carboxylic acids is 1. The van der Waals surface area contributed by atoms with Gasteiger partial charge < -0.3 is 9.64 Å². The lowest BCUT2D eigenvalue weighted by atomic mass is 10.1. The van der Waals surface area contributed by atoms with Crippen molar-refractivity contribution in [3.8, 4) is 0 Å². The van der Waals surface area contributed by atoms with Gasteiger partial charge in [0.05, 0.1) is 13.3 Å². The summed E-state index contributed by atoms with van der Waals surface area (Å²) in [5, 5.41) is 0. The summed E-state index contributed by atoms with van der Waals surface area (Å²) in [4.78, 5) is 30.3. The molecule has 20 heavy (non-hydrogen) atoms. The van der Waals surface area contributed by atoms with Crippen molar-refractivity contribution in [1.82, 2.24) is 9.55 Å². The van der Waals surface area contributed by atoms with E-state index in [-0.39, 0.29) is 10.2 Å². The van der Waals surface area contributed by atoms with E-state index in [1.165, 1.54) is 18.1 Å². The molecule has 1 aliphatic heterocycles. The van der Waals surface area contributed by atoms with Crippen molar-refractivity contribution in [2.75, 3.05) is 25.1 Å². The van der Waals surface area contributed by atoms with E-state index in [0.29, 0.717) is 5.82 Å². The Hall–Kier alpha value is -1.37. The van der Waals surface area contributed by atoms with Gasteiger partial charge in [-0.2, -0.15) is 0 Å². The molecule has 1 aromatic heterocycles. The van der Waals surface area contributed by atoms with E-state index < -0.39 is 12.0 Å². The summed E-state index contributed by atoms with van der Waals surface area (Å²) in [6.45, 7) is 3.40. The molecule has 1 saturated heterocycles. The lowest BCUT2D eigenvalue weighted by molar-refractivity contribution is -0.144. The second-order valence-electron chi connectivity index (χ2n) is 4.83. The summed E-state index contributed by atoms with van der Waals surface area (Å²) in [6.07, 6.45) is 4.99. The number of carbonyl (C=O) groups is 1. The van der Waals surface area contributed by atoms with E-state index in [1.54, 1.807) is 13.1 Å². The minimum Gasteiger partial charge on any atom is -0.467 e. The van der Waals surface area contributed by atoms with Crippen molar-refractivity contribution in [2.24, 2.45) is 0 Å². The number of esters is 1. The van der Waals surface area contributed by atoms with E-state index in [4.69, 9.17) is 4.74 Å². The third-order valence-electron chi connectivity index (χ3n) is 3.55. The Kier molecular flexibility index (Phi) is 4.80. The van der Waals surface area contributed by atoms with Crippen LogP contribution in [0, 0.1) is 0 Å². The van der Waals surface area contributed by atoms with E-state index in [1.807, 2.05) is 0 Å². The molecule has 7 heteroatoms. The zero-order chi connectivity index (χ0) is 14.7. The molecule has 1 aliphatic rings. The molecule has 1 atom stereocenters. The molecule has 0 aliphatic carbocycles. The molecule has 1 aromatic rings. The van der Waals surface area contributed by atoms with Crippen molar-refractivity contribution in [2.45, 2.75) is 32.2 Å². The molecule has 0 spiro atoms. The average Bonchev–Trinajstić information content (AvgIpc) is 2.49. The van der Waals surface area contributed by atoms with Crippen molar-refractivity contribution in [3.05, 3.63) is 21.2 Å². The largest absolute Gasteiger partial charge is 0.467 e. The van der Waals surface area contributed by atoms with Crippen LogP contribution < -0.4 is 10.5 Å². The molecular weight excluding hydrogens is 326 g/mol. The highest BCUT2D eigenvalue weighted by Gasteiger charge is 2.24. The molecule has 0 bridgehead atoms. The summed E-state index contributed by atoms with van der Waals surface area (Å²) in [6, 6.07) is -0.677. The quantitative estimate of drug-likeness (QED) is 0.782. The Balaban J connectivity index is 2.48. The third kappa shape index (κ3) is 2.87. The Morgan fingerprint density at radius 1 is 1.40 bits per heavy atom. The Morgan fingerprint density at radius 2 is 2.05 bits per heavy atom. The van der Waals surface area contributed by atoms with Crippen LogP contribution in [0.4, 0.5) is 5.82 Å². The molecule has 0 aromatic carbocycles. The second kappa shape index (κ2) is 6.39. The van der Waals surface area contributed by atoms with E-state index in [0.717, 1.165) is 25.9 Å². The van der Waals surface area contributed by atoms with Crippen LogP contribution in [0.3, 0.4) is 0 Å². The van der Waals surface area contributed by atoms with Crippen LogP contribution in [0.5, 0.6) is 0 Å². The standard InChI is InChI=1S/C13H18BrN3O3/c1-9(13(19)20-2)17-10(8-15-11(14)12(17)18)16-6-4-3-5-7-16/h8-9H,3-7H2,1-2H3. The van der Waals surface area contributed by atoms with Gasteiger partial charge in [-0.25, -0.2) is 9.78 Å². The van der Waals surface area contributed by atoms with E-state index in [2.05, 4.69) is 25.8 Å². The normalized spacial score (nSPS) is 16.9. The number of nitrogens with zero attached hydrogens (tertiary/aromatic N) is 3. The molecular formula is C13H18BrN3O3. The van der Waals surface area contributed by atoms with Gasteiger partial charge in [-0.1, -0.05) is 0 Å². The first kappa shape index (κ1) is 15.0. The first-order valence-electron chi connectivity index (χ1n) is 6.66. The molecule has 0 N–H and O–H groups in total. The number of anilines is 1. The molecule has 2 heterocycles. The average molecular weight is 344 g/mol. The molecule has 0 amide bonds. The van der Waals surface area contributed by atoms with Gasteiger partial charge in [0.15, 0.2) is 4.60 Å². The topological polar surface area (TPSA) is 64.4 Å². The van der Waals surface area contributed by atoms with Crippen molar-refractivity contribution >= 4 is 27.7 Å². The molecule has 0 saturated carbocycles. The minimum atomic E-state index is -0.677. The Labute approximate surface area is 125 Å². The molecule has 6 nitrogen and oxygen atoms in total. The number of ether oxygens (including phenoxy) is 1. The molecule has 2 rings (SSSR count). The van der Waals surface area contributed by atoms with Gasteiger partial charge in [-0.3, -0.25) is 9.36 Å². The van der Waals surface area contributed by atoms with Crippen LogP contribution in [0.1, 0.15) is 32.2 Å². The van der Waals surface area contributed by atoms with Gasteiger partial charge >= 0.3 is 5.97 Å². The molecule has 1 fully saturated rings. The number of hydrogen-bond acceptors (Lipinski definition) is 5. The molecule has 110 valence electrons. The number of piperidine rings is 1. The second-order valence-corrected chi connectivity index (χ2v) is 5.58. The minimum absolute atomic E-state index is 0.203. The van der Waals surface area contributed by atoms with Crippen LogP contribution >= 0.6 is 15.9 Å². The van der Waals surface area contributed by atoms with Crippen LogP contribution in [-0.2, 0) is 9.53 Å². The zero-order valence-corrected chi connectivity index (χ0v) is 13.2.